The molecule has 0 atom stereocenters. The largest absolute Gasteiger partial charge is 0.416 e. The van der Waals surface area contributed by atoms with Gasteiger partial charge in [-0.25, -0.2) is 4.98 Å². The van der Waals surface area contributed by atoms with E-state index in [1.54, 1.807) is 0 Å². The number of nitrogens with zero attached hydrogens (tertiary/aromatic N) is 1. The quantitative estimate of drug-likeness (QED) is 0.902. The zero-order valence-electron chi connectivity index (χ0n) is 11.1. The number of alkyl halides is 3. The van der Waals surface area contributed by atoms with Gasteiger partial charge in [0.15, 0.2) is 0 Å². The molecule has 0 saturated heterocycles. The highest BCUT2D eigenvalue weighted by Gasteiger charge is 2.30. The van der Waals surface area contributed by atoms with Crippen LogP contribution in [0.3, 0.4) is 0 Å². The van der Waals surface area contributed by atoms with Crippen molar-refractivity contribution in [1.29, 1.82) is 0 Å². The normalized spacial score (nSPS) is 12.2. The highest BCUT2D eigenvalue weighted by molar-refractivity contribution is 5.57. The summed E-state index contributed by atoms with van der Waals surface area (Å²) in [5, 5.41) is 9.26. The number of aromatic nitrogens is 2. The summed E-state index contributed by atoms with van der Waals surface area (Å²) in [6, 6.07) is 4.77. The highest BCUT2D eigenvalue weighted by Crippen LogP contribution is 2.31. The molecule has 108 valence electrons. The Balaban J connectivity index is 2.37. The zero-order chi connectivity index (χ0) is 14.9. The molecule has 2 rings (SSSR count). The van der Waals surface area contributed by atoms with Crippen LogP contribution in [0.4, 0.5) is 13.2 Å². The summed E-state index contributed by atoms with van der Waals surface area (Å²) in [5.74, 6) is 0.586. The van der Waals surface area contributed by atoms with Crippen LogP contribution in [0.1, 0.15) is 36.7 Å². The van der Waals surface area contributed by atoms with Gasteiger partial charge in [-0.3, -0.25) is 0 Å². The second-order valence-electron chi connectivity index (χ2n) is 4.84. The van der Waals surface area contributed by atoms with Crippen LogP contribution in [0.5, 0.6) is 0 Å². The minimum Gasteiger partial charge on any atom is -0.390 e. The van der Waals surface area contributed by atoms with Crippen molar-refractivity contribution in [2.45, 2.75) is 32.5 Å². The van der Waals surface area contributed by atoms with Crippen LogP contribution in [0, 0.1) is 0 Å². The molecular weight excluding hydrogens is 269 g/mol. The van der Waals surface area contributed by atoms with Gasteiger partial charge in [-0.2, -0.15) is 13.2 Å². The highest BCUT2D eigenvalue weighted by atomic mass is 19.4. The van der Waals surface area contributed by atoms with Crippen molar-refractivity contribution in [3.63, 3.8) is 0 Å². The average molecular weight is 284 g/mol. The molecule has 20 heavy (non-hydrogen) atoms. The number of aromatic amines is 1. The molecule has 0 amide bonds. The smallest absolute Gasteiger partial charge is 0.390 e. The van der Waals surface area contributed by atoms with Crippen LogP contribution in [-0.2, 0) is 12.8 Å². The second-order valence-corrected chi connectivity index (χ2v) is 4.84. The molecule has 0 aliphatic heterocycles. The first-order valence-electron chi connectivity index (χ1n) is 6.20. The lowest BCUT2D eigenvalue weighted by Crippen LogP contribution is -2.04. The van der Waals surface area contributed by atoms with Crippen molar-refractivity contribution in [3.05, 3.63) is 41.2 Å². The summed E-state index contributed by atoms with van der Waals surface area (Å²) in [7, 11) is 0. The molecule has 2 N–H and O–H groups in total. The van der Waals surface area contributed by atoms with Gasteiger partial charge >= 0.3 is 6.18 Å². The number of aliphatic hydroxyl groups excluding tert-OH is 1. The maximum absolute atomic E-state index is 12.5. The maximum atomic E-state index is 12.5. The molecule has 0 aliphatic rings. The van der Waals surface area contributed by atoms with Crippen LogP contribution in [0.25, 0.3) is 11.4 Å². The summed E-state index contributed by atoms with van der Waals surface area (Å²) in [5.41, 5.74) is 1.18. The van der Waals surface area contributed by atoms with E-state index in [2.05, 4.69) is 9.97 Å². The van der Waals surface area contributed by atoms with Gasteiger partial charge in [0.05, 0.1) is 23.6 Å². The predicted octanol–water partition coefficient (Wildman–Crippen LogP) is 3.71. The molecule has 0 unspecified atom stereocenters. The Labute approximate surface area is 114 Å². The van der Waals surface area contributed by atoms with Crippen LogP contribution in [-0.4, -0.2) is 15.1 Å². The van der Waals surface area contributed by atoms with E-state index in [0.29, 0.717) is 17.1 Å². The van der Waals surface area contributed by atoms with Gasteiger partial charge in [-0.1, -0.05) is 26.0 Å². The van der Waals surface area contributed by atoms with E-state index in [-0.39, 0.29) is 12.5 Å². The van der Waals surface area contributed by atoms with Gasteiger partial charge < -0.3 is 10.1 Å². The van der Waals surface area contributed by atoms with E-state index in [4.69, 9.17) is 0 Å². The minimum absolute atomic E-state index is 0.122. The van der Waals surface area contributed by atoms with Gasteiger partial charge in [0.2, 0.25) is 0 Å². The number of H-pyrrole nitrogens is 1. The Morgan fingerprint density at radius 2 is 1.80 bits per heavy atom. The lowest BCUT2D eigenvalue weighted by molar-refractivity contribution is -0.137. The number of imidazole rings is 1. The third kappa shape index (κ3) is 2.85. The standard InChI is InChI=1S/C14H15F3N2O/c1-8(2)12-11(7-20)18-13(19-12)9-3-5-10(6-4-9)14(15,16)17/h3-6,8,20H,7H2,1-2H3,(H,18,19). The van der Waals surface area contributed by atoms with E-state index < -0.39 is 11.7 Å². The monoisotopic (exact) mass is 284 g/mol. The van der Waals surface area contributed by atoms with Crippen molar-refractivity contribution in [3.8, 4) is 11.4 Å². The summed E-state index contributed by atoms with van der Waals surface area (Å²) >= 11 is 0. The summed E-state index contributed by atoms with van der Waals surface area (Å²) < 4.78 is 37.5. The number of halogens is 3. The predicted molar refractivity (Wildman–Crippen MR) is 69.0 cm³/mol. The molecule has 0 aliphatic carbocycles. The van der Waals surface area contributed by atoms with Gasteiger partial charge in [-0.15, -0.1) is 0 Å². The molecular formula is C14H15F3N2O. The van der Waals surface area contributed by atoms with Crippen LogP contribution >= 0.6 is 0 Å². The van der Waals surface area contributed by atoms with Gasteiger partial charge in [0.25, 0.3) is 0 Å². The van der Waals surface area contributed by atoms with E-state index in [0.717, 1.165) is 17.8 Å². The maximum Gasteiger partial charge on any atom is 0.416 e. The Morgan fingerprint density at radius 1 is 1.20 bits per heavy atom. The second kappa shape index (κ2) is 5.28. The molecule has 0 bridgehead atoms. The van der Waals surface area contributed by atoms with Crippen molar-refractivity contribution in [1.82, 2.24) is 9.97 Å². The van der Waals surface area contributed by atoms with Crippen molar-refractivity contribution >= 4 is 0 Å². The topological polar surface area (TPSA) is 48.9 Å². The summed E-state index contributed by atoms with van der Waals surface area (Å²) in [6.45, 7) is 3.69. The Hall–Kier alpha value is -1.82. The van der Waals surface area contributed by atoms with Gasteiger partial charge in [-0.05, 0) is 18.1 Å². The molecule has 3 nitrogen and oxygen atoms in total. The summed E-state index contributed by atoms with van der Waals surface area (Å²) in [4.78, 5) is 7.29. The van der Waals surface area contributed by atoms with E-state index in [1.165, 1.54) is 12.1 Å². The average Bonchev–Trinajstić information content (AvgIpc) is 2.82. The molecule has 2 aromatic rings. The molecule has 0 fully saturated rings. The van der Waals surface area contributed by atoms with Crippen molar-refractivity contribution < 1.29 is 18.3 Å². The molecule has 6 heteroatoms. The van der Waals surface area contributed by atoms with Gasteiger partial charge in [0, 0.05) is 5.56 Å². The van der Waals surface area contributed by atoms with Gasteiger partial charge in [0.1, 0.15) is 5.82 Å². The number of benzene rings is 1. The number of aliphatic hydroxyl groups is 1. The number of hydrogen-bond donors (Lipinski definition) is 2. The van der Waals surface area contributed by atoms with Crippen LogP contribution in [0.2, 0.25) is 0 Å². The Kier molecular flexibility index (Phi) is 3.85. The fourth-order valence-corrected chi connectivity index (χ4v) is 1.97. The van der Waals surface area contributed by atoms with E-state index in [9.17, 15) is 18.3 Å². The fraction of sp³-hybridized carbons (Fsp3) is 0.357. The molecule has 0 spiro atoms. The van der Waals surface area contributed by atoms with E-state index in [1.807, 2.05) is 13.8 Å². The first kappa shape index (κ1) is 14.6. The first-order chi connectivity index (χ1) is 9.32. The van der Waals surface area contributed by atoms with Crippen LogP contribution in [0.15, 0.2) is 24.3 Å². The van der Waals surface area contributed by atoms with E-state index >= 15 is 0 Å². The number of hydrogen-bond acceptors (Lipinski definition) is 2. The lowest BCUT2D eigenvalue weighted by atomic mass is 10.1. The van der Waals surface area contributed by atoms with Crippen molar-refractivity contribution in [2.24, 2.45) is 0 Å². The van der Waals surface area contributed by atoms with Crippen LogP contribution < -0.4 is 0 Å². The fourth-order valence-electron chi connectivity index (χ4n) is 1.97. The summed E-state index contributed by atoms with van der Waals surface area (Å²) in [6.07, 6.45) is -4.35. The molecule has 0 saturated carbocycles. The minimum atomic E-state index is -4.35. The van der Waals surface area contributed by atoms with Crippen molar-refractivity contribution in [2.75, 3.05) is 0 Å². The third-order valence-electron chi connectivity index (χ3n) is 3.00. The molecule has 0 radical (unpaired) electrons. The number of rotatable bonds is 3. The lowest BCUT2D eigenvalue weighted by Gasteiger charge is -2.06. The molecule has 1 aromatic carbocycles. The Bertz CT molecular complexity index is 585. The zero-order valence-corrected chi connectivity index (χ0v) is 11.1. The SMILES string of the molecule is CC(C)c1nc(-c2ccc(C(F)(F)F)cc2)[nH]c1CO. The third-order valence-corrected chi connectivity index (χ3v) is 3.00. The molecule has 1 heterocycles. The first-order valence-corrected chi connectivity index (χ1v) is 6.20. The molecule has 1 aromatic heterocycles. The Morgan fingerprint density at radius 3 is 2.20 bits per heavy atom. The number of nitrogens with one attached hydrogen (secondary N) is 1.